The molecule has 0 fully saturated rings. The summed E-state index contributed by atoms with van der Waals surface area (Å²) in [6.07, 6.45) is -1.07. The Morgan fingerprint density at radius 1 is 0.537 bits per heavy atom. The first-order valence-corrected chi connectivity index (χ1v) is 29.3. The number of nitrogens with one attached hydrogen (secondary N) is 6. The molecule has 0 saturated carbocycles. The van der Waals surface area contributed by atoms with Crippen LogP contribution < -0.4 is 31.9 Å². The van der Waals surface area contributed by atoms with Gasteiger partial charge in [0.1, 0.15) is 47.0 Å². The molecule has 20 nitrogen and oxygen atoms in total. The van der Waals surface area contributed by atoms with E-state index in [1.807, 2.05) is 45.0 Å². The predicted octanol–water partition coefficient (Wildman–Crippen LogP) is 6.50. The van der Waals surface area contributed by atoms with Gasteiger partial charge < -0.3 is 55.6 Å². The van der Waals surface area contributed by atoms with Gasteiger partial charge in [0.15, 0.2) is 6.29 Å². The Labute approximate surface area is 491 Å². The molecule has 0 aliphatic carbocycles. The van der Waals surface area contributed by atoms with E-state index in [2.05, 4.69) is 44.0 Å². The number of methoxy groups -OCH3 is 2. The quantitative estimate of drug-likeness (QED) is 0.0198. The molecule has 0 aromatic heterocycles. The Morgan fingerprint density at radius 3 is 1.59 bits per heavy atom. The predicted molar refractivity (Wildman–Crippen MR) is 316 cm³/mol. The van der Waals surface area contributed by atoms with Gasteiger partial charge >= 0.3 is 17.9 Å². The molecule has 21 heteroatoms. The standard InChI is InChI=1S/C61H96N6O14S/c1-38(2)34-43(53(73)66-46(57(77-16)78-17)37-82-33-23-27-40-25-19-18-20-26-40)65-56(76)51(58(4,5)6)67-55(75)44(35-41-28-22-21-24-39(41)3)64-52(72)42(29-31-48(69)79-59(7,8)9)63-54(74)45(36-50(71)81-61(13,14)15)62-47(68)30-32-49(70)80-60(10,11)12/h18-22,24-26,28,38,42-46,51,57H,23,27,29-37H2,1-17H3,(H,62,68)(H,63,74)(H,64,72)(H,65,76)(H,66,73)(H,67,75)/t42-,43-,44-,45-,46-,51+/m0/s1. The molecule has 6 N–H and O–H groups in total. The van der Waals surface area contributed by atoms with Crippen molar-refractivity contribution in [1.82, 2.24) is 31.9 Å². The number of hydrogen-bond donors (Lipinski definition) is 6. The summed E-state index contributed by atoms with van der Waals surface area (Å²) in [5.41, 5.74) is -1.03. The lowest BCUT2D eigenvalue weighted by molar-refractivity contribution is -0.158. The Bertz CT molecular complexity index is 2410. The van der Waals surface area contributed by atoms with Gasteiger partial charge in [-0.2, -0.15) is 11.8 Å². The smallest absolute Gasteiger partial charge is 0.308 e. The van der Waals surface area contributed by atoms with Crippen LogP contribution in [0, 0.1) is 18.3 Å². The topological polar surface area (TPSA) is 272 Å². The van der Waals surface area contributed by atoms with Crippen LogP contribution in [0.25, 0.3) is 0 Å². The van der Waals surface area contributed by atoms with Crippen molar-refractivity contribution in [1.29, 1.82) is 0 Å². The number of thioether (sulfide) groups is 1. The van der Waals surface area contributed by atoms with Crippen LogP contribution in [0.5, 0.6) is 0 Å². The summed E-state index contributed by atoms with van der Waals surface area (Å²) < 4.78 is 27.5. The monoisotopic (exact) mass is 1170 g/mol. The van der Waals surface area contributed by atoms with Crippen molar-refractivity contribution in [2.24, 2.45) is 11.3 Å². The number of amides is 6. The van der Waals surface area contributed by atoms with Gasteiger partial charge in [-0.1, -0.05) is 89.2 Å². The van der Waals surface area contributed by atoms with Gasteiger partial charge in [-0.3, -0.25) is 43.2 Å². The number of rotatable bonds is 32. The van der Waals surface area contributed by atoms with Gasteiger partial charge in [-0.15, -0.1) is 0 Å². The largest absolute Gasteiger partial charge is 0.460 e. The zero-order chi connectivity index (χ0) is 62.2. The summed E-state index contributed by atoms with van der Waals surface area (Å²) >= 11 is 1.64. The second kappa shape index (κ2) is 33.9. The second-order valence-corrected chi connectivity index (χ2v) is 26.1. The molecule has 460 valence electrons. The van der Waals surface area contributed by atoms with Crippen LogP contribution in [-0.2, 0) is 79.7 Å². The maximum atomic E-state index is 14.9. The molecule has 0 bridgehead atoms. The van der Waals surface area contributed by atoms with Crippen molar-refractivity contribution in [3.63, 3.8) is 0 Å². The number of esters is 3. The minimum atomic E-state index is -1.64. The fourth-order valence-corrected chi connectivity index (χ4v) is 9.39. The zero-order valence-corrected chi connectivity index (χ0v) is 52.5. The van der Waals surface area contributed by atoms with E-state index in [9.17, 15) is 43.2 Å². The molecule has 0 unspecified atom stereocenters. The summed E-state index contributed by atoms with van der Waals surface area (Å²) in [6.45, 7) is 25.7. The number of hydrogen-bond acceptors (Lipinski definition) is 15. The molecule has 0 aliphatic heterocycles. The molecule has 0 saturated heterocycles. The summed E-state index contributed by atoms with van der Waals surface area (Å²) in [4.78, 5) is 125. The summed E-state index contributed by atoms with van der Waals surface area (Å²) in [6, 6.07) is 9.74. The van der Waals surface area contributed by atoms with Crippen molar-refractivity contribution in [2.75, 3.05) is 25.7 Å². The van der Waals surface area contributed by atoms with Crippen LogP contribution in [0.2, 0.25) is 0 Å². The van der Waals surface area contributed by atoms with Crippen LogP contribution in [-0.4, -0.2) is 138 Å². The molecule has 0 heterocycles. The van der Waals surface area contributed by atoms with Crippen LogP contribution in [0.1, 0.15) is 159 Å². The van der Waals surface area contributed by atoms with Crippen molar-refractivity contribution in [3.8, 4) is 0 Å². The van der Waals surface area contributed by atoms with E-state index in [1.165, 1.54) is 19.8 Å². The van der Waals surface area contributed by atoms with Gasteiger partial charge in [-0.25, -0.2) is 0 Å². The number of carbonyl (C=O) groups is 9. The highest BCUT2D eigenvalue weighted by Gasteiger charge is 2.39. The van der Waals surface area contributed by atoms with Crippen LogP contribution >= 0.6 is 11.8 Å². The normalized spacial score (nSPS) is 14.2. The van der Waals surface area contributed by atoms with E-state index in [0.29, 0.717) is 11.3 Å². The molecule has 0 spiro atoms. The van der Waals surface area contributed by atoms with E-state index in [1.54, 1.807) is 113 Å². The zero-order valence-electron chi connectivity index (χ0n) is 51.7. The maximum absolute atomic E-state index is 14.9. The molecule has 6 atom stereocenters. The SMILES string of the molecule is COC(OC)[C@H](CSCCCc1ccccc1)NC(=O)[C@H](CC(C)C)NC(=O)[C@@H](NC(=O)[C@H](Cc1ccccc1C)NC(=O)[C@H](CCC(=O)OC(C)(C)C)NC(=O)[C@H](CC(=O)OC(C)(C)C)NC(=O)CCC(=O)OC(C)(C)C)C(C)(C)C. The van der Waals surface area contributed by atoms with Gasteiger partial charge in [0.05, 0.1) is 18.9 Å². The van der Waals surface area contributed by atoms with E-state index in [-0.39, 0.29) is 31.6 Å². The second-order valence-electron chi connectivity index (χ2n) is 25.0. The van der Waals surface area contributed by atoms with Crippen molar-refractivity contribution >= 4 is 65.1 Å². The molecule has 0 aliphatic rings. The molecule has 2 rings (SSSR count). The Kier molecular flexibility index (Phi) is 29.8. The van der Waals surface area contributed by atoms with Gasteiger partial charge in [0.25, 0.3) is 0 Å². The van der Waals surface area contributed by atoms with Gasteiger partial charge in [-0.05, 0) is 129 Å². The highest BCUT2D eigenvalue weighted by Crippen LogP contribution is 2.22. The third kappa shape index (κ3) is 29.3. The molecule has 2 aromatic carbocycles. The van der Waals surface area contributed by atoms with E-state index in [4.69, 9.17) is 23.7 Å². The van der Waals surface area contributed by atoms with Crippen molar-refractivity contribution < 1.29 is 66.8 Å². The first-order valence-electron chi connectivity index (χ1n) is 28.2. The lowest BCUT2D eigenvalue weighted by Crippen LogP contribution is -2.62. The highest BCUT2D eigenvalue weighted by molar-refractivity contribution is 7.99. The number of ether oxygens (including phenoxy) is 5. The van der Waals surface area contributed by atoms with Gasteiger partial charge in [0.2, 0.25) is 35.4 Å². The Morgan fingerprint density at radius 2 is 1.04 bits per heavy atom. The first-order chi connectivity index (χ1) is 38.0. The van der Waals surface area contributed by atoms with Crippen LogP contribution in [0.4, 0.5) is 0 Å². The fraction of sp³-hybridized carbons (Fsp3) is 0.656. The van der Waals surface area contributed by atoms with Gasteiger partial charge in [0, 0.05) is 39.2 Å². The van der Waals surface area contributed by atoms with E-state index >= 15 is 0 Å². The fourth-order valence-electron chi connectivity index (χ4n) is 8.38. The number of carbonyl (C=O) groups excluding carboxylic acids is 9. The summed E-state index contributed by atoms with van der Waals surface area (Å²) in [5.74, 6) is -5.73. The van der Waals surface area contributed by atoms with Crippen molar-refractivity contribution in [2.45, 2.75) is 221 Å². The first kappa shape index (κ1) is 72.0. The summed E-state index contributed by atoms with van der Waals surface area (Å²) in [5, 5.41) is 16.6. The molecule has 2 aromatic rings. The molecule has 0 radical (unpaired) electrons. The average molecular weight is 1170 g/mol. The molecule has 82 heavy (non-hydrogen) atoms. The van der Waals surface area contributed by atoms with E-state index in [0.717, 1.165) is 24.2 Å². The minimum absolute atomic E-state index is 0.0596. The minimum Gasteiger partial charge on any atom is -0.460 e. The third-order valence-corrected chi connectivity index (χ3v) is 13.4. The lowest BCUT2D eigenvalue weighted by atomic mass is 9.85. The summed E-state index contributed by atoms with van der Waals surface area (Å²) in [7, 11) is 2.97. The van der Waals surface area contributed by atoms with Crippen molar-refractivity contribution in [3.05, 3.63) is 71.3 Å². The average Bonchev–Trinajstić information content (AvgIpc) is 3.36. The van der Waals surface area contributed by atoms with E-state index < -0.39 is 137 Å². The molecular formula is C61H96N6O14S. The molecular weight excluding hydrogens is 1070 g/mol. The third-order valence-electron chi connectivity index (χ3n) is 12.2. The Balaban J connectivity index is 2.56. The Hall–Kier alpha value is -6.06. The van der Waals surface area contributed by atoms with Crippen LogP contribution in [0.3, 0.4) is 0 Å². The number of aryl methyl sites for hydroxylation is 2. The van der Waals surface area contributed by atoms with Crippen LogP contribution in [0.15, 0.2) is 54.6 Å². The lowest BCUT2D eigenvalue weighted by Gasteiger charge is -2.34. The maximum Gasteiger partial charge on any atom is 0.308 e. The highest BCUT2D eigenvalue weighted by atomic mass is 32.2. The number of benzene rings is 2. The molecule has 6 amide bonds.